The number of piperidine rings is 1. The van der Waals surface area contributed by atoms with Gasteiger partial charge < -0.3 is 10.2 Å². The fourth-order valence-electron chi connectivity index (χ4n) is 3.38. The first-order valence-electron chi connectivity index (χ1n) is 9.65. The number of hydrogen-bond donors (Lipinski definition) is 2. The summed E-state index contributed by atoms with van der Waals surface area (Å²) in [7, 11) is -3.98. The molecule has 1 saturated heterocycles. The fourth-order valence-corrected chi connectivity index (χ4v) is 4.37. The molecule has 0 unspecified atom stereocenters. The molecule has 11 heteroatoms. The zero-order chi connectivity index (χ0) is 22.6. The lowest BCUT2D eigenvalue weighted by molar-refractivity contribution is -0.384. The van der Waals surface area contributed by atoms with Crippen LogP contribution in [0.3, 0.4) is 0 Å². The minimum Gasteiger partial charge on any atom is -0.366 e. The first-order chi connectivity index (χ1) is 14.7. The van der Waals surface area contributed by atoms with Crippen molar-refractivity contribution in [2.45, 2.75) is 31.1 Å². The van der Waals surface area contributed by atoms with Gasteiger partial charge in [-0.15, -0.1) is 0 Å². The molecule has 0 bridgehead atoms. The average Bonchev–Trinajstić information content (AvgIpc) is 2.73. The lowest BCUT2D eigenvalue weighted by Crippen LogP contribution is -2.30. The number of anilines is 2. The van der Waals surface area contributed by atoms with Crippen LogP contribution in [0.5, 0.6) is 0 Å². The number of rotatable bonds is 6. The maximum atomic E-state index is 12.6. The van der Waals surface area contributed by atoms with Gasteiger partial charge in [0.1, 0.15) is 5.69 Å². The van der Waals surface area contributed by atoms with E-state index in [-0.39, 0.29) is 16.1 Å². The number of amides is 2. The number of nitro groups is 1. The van der Waals surface area contributed by atoms with Crippen LogP contribution in [0.4, 0.5) is 17.1 Å². The number of nitrogens with zero attached hydrogens (tertiary/aromatic N) is 2. The molecular weight excluding hydrogens is 424 g/mol. The van der Waals surface area contributed by atoms with Crippen LogP contribution < -0.4 is 14.9 Å². The lowest BCUT2D eigenvalue weighted by atomic mass is 10.1. The highest BCUT2D eigenvalue weighted by Crippen LogP contribution is 2.31. The van der Waals surface area contributed by atoms with Gasteiger partial charge in [-0.2, -0.15) is 0 Å². The van der Waals surface area contributed by atoms with Crippen LogP contribution in [0.1, 0.15) is 36.5 Å². The molecule has 10 nitrogen and oxygen atoms in total. The van der Waals surface area contributed by atoms with Gasteiger partial charge in [0.2, 0.25) is 5.91 Å². The highest BCUT2D eigenvalue weighted by atomic mass is 32.2. The van der Waals surface area contributed by atoms with Crippen LogP contribution in [-0.4, -0.2) is 38.2 Å². The van der Waals surface area contributed by atoms with E-state index < -0.39 is 26.8 Å². The van der Waals surface area contributed by atoms with Gasteiger partial charge in [0, 0.05) is 37.3 Å². The molecule has 2 N–H and O–H groups in total. The first kappa shape index (κ1) is 22.2. The Morgan fingerprint density at radius 3 is 2.26 bits per heavy atom. The molecule has 1 aliphatic heterocycles. The van der Waals surface area contributed by atoms with E-state index in [9.17, 15) is 28.1 Å². The predicted molar refractivity (Wildman–Crippen MR) is 115 cm³/mol. The van der Waals surface area contributed by atoms with Crippen LogP contribution >= 0.6 is 0 Å². The van der Waals surface area contributed by atoms with Crippen LogP contribution in [0.2, 0.25) is 0 Å². The number of nitrogens with one attached hydrogen (secondary N) is 2. The summed E-state index contributed by atoms with van der Waals surface area (Å²) in [5, 5.41) is 14.2. The van der Waals surface area contributed by atoms with E-state index in [1.54, 1.807) is 6.07 Å². The van der Waals surface area contributed by atoms with Gasteiger partial charge >= 0.3 is 0 Å². The molecule has 0 saturated carbocycles. The minimum absolute atomic E-state index is 0.113. The van der Waals surface area contributed by atoms with Crippen LogP contribution in [0, 0.1) is 10.1 Å². The third-order valence-electron chi connectivity index (χ3n) is 4.83. The Kier molecular flexibility index (Phi) is 6.54. The van der Waals surface area contributed by atoms with Crippen molar-refractivity contribution in [1.29, 1.82) is 0 Å². The first-order valence-corrected chi connectivity index (χ1v) is 11.1. The highest BCUT2D eigenvalue weighted by Gasteiger charge is 2.23. The Bertz CT molecular complexity index is 1110. The normalized spacial score (nSPS) is 14.0. The maximum Gasteiger partial charge on any atom is 0.293 e. The van der Waals surface area contributed by atoms with E-state index in [1.807, 2.05) is 9.62 Å². The van der Waals surface area contributed by atoms with Crippen molar-refractivity contribution in [3.63, 3.8) is 0 Å². The zero-order valence-corrected chi connectivity index (χ0v) is 17.6. The number of hydrogen-bond acceptors (Lipinski definition) is 7. The largest absolute Gasteiger partial charge is 0.366 e. The molecule has 0 atom stereocenters. The number of sulfonamides is 1. The maximum absolute atomic E-state index is 12.6. The van der Waals surface area contributed by atoms with Crippen molar-refractivity contribution in [3.05, 3.63) is 58.1 Å². The summed E-state index contributed by atoms with van der Waals surface area (Å²) in [5.41, 5.74) is 0.775. The van der Waals surface area contributed by atoms with Crippen LogP contribution in [-0.2, 0) is 14.8 Å². The third-order valence-corrected chi connectivity index (χ3v) is 6.28. The SMILES string of the molecule is CC(=O)NS(=O)(=O)c1ccc(NC(=O)c2ccc(N3CCCCC3)c([N+](=O)[O-])c2)cc1. The quantitative estimate of drug-likeness (QED) is 0.514. The minimum atomic E-state index is -3.98. The Morgan fingerprint density at radius 1 is 1.03 bits per heavy atom. The molecular formula is C20H22N4O6S. The summed E-state index contributed by atoms with van der Waals surface area (Å²) in [6.45, 7) is 2.56. The molecule has 2 amide bonds. The molecule has 0 aromatic heterocycles. The van der Waals surface area contributed by atoms with E-state index in [1.165, 1.54) is 36.4 Å². The summed E-state index contributed by atoms with van der Waals surface area (Å²) in [5.74, 6) is -1.28. The van der Waals surface area contributed by atoms with Gasteiger partial charge in [0.15, 0.2) is 0 Å². The predicted octanol–water partition coefficient (Wildman–Crippen LogP) is 2.66. The van der Waals surface area contributed by atoms with Gasteiger partial charge in [0.05, 0.1) is 9.82 Å². The fraction of sp³-hybridized carbons (Fsp3) is 0.300. The van der Waals surface area contributed by atoms with Crippen molar-refractivity contribution >= 4 is 38.9 Å². The molecule has 0 radical (unpaired) electrons. The Balaban J connectivity index is 1.78. The van der Waals surface area contributed by atoms with E-state index in [2.05, 4.69) is 5.32 Å². The molecule has 0 aliphatic carbocycles. The monoisotopic (exact) mass is 446 g/mol. The van der Waals surface area contributed by atoms with Crippen molar-refractivity contribution in [2.75, 3.05) is 23.3 Å². The van der Waals surface area contributed by atoms with Gasteiger partial charge in [-0.25, -0.2) is 13.1 Å². The summed E-state index contributed by atoms with van der Waals surface area (Å²) in [6.07, 6.45) is 3.02. The van der Waals surface area contributed by atoms with Crippen molar-refractivity contribution < 1.29 is 22.9 Å². The third kappa shape index (κ3) is 5.37. The smallest absolute Gasteiger partial charge is 0.293 e. The molecule has 2 aromatic rings. The molecule has 1 aliphatic rings. The van der Waals surface area contributed by atoms with Crippen LogP contribution in [0.25, 0.3) is 0 Å². The highest BCUT2D eigenvalue weighted by molar-refractivity contribution is 7.90. The summed E-state index contributed by atoms with van der Waals surface area (Å²) in [4.78, 5) is 36.5. The Morgan fingerprint density at radius 2 is 1.68 bits per heavy atom. The average molecular weight is 446 g/mol. The molecule has 164 valence electrons. The second-order valence-corrected chi connectivity index (χ2v) is 8.83. The topological polar surface area (TPSA) is 139 Å². The van der Waals surface area contributed by atoms with Gasteiger partial charge in [0.25, 0.3) is 21.6 Å². The van der Waals surface area contributed by atoms with E-state index in [0.29, 0.717) is 11.4 Å². The zero-order valence-electron chi connectivity index (χ0n) is 16.8. The Hall–Kier alpha value is -3.47. The van der Waals surface area contributed by atoms with E-state index in [4.69, 9.17) is 0 Å². The number of benzene rings is 2. The molecule has 2 aromatic carbocycles. The molecule has 0 spiro atoms. The van der Waals surface area contributed by atoms with Crippen molar-refractivity contribution in [2.24, 2.45) is 0 Å². The van der Waals surface area contributed by atoms with Crippen LogP contribution in [0.15, 0.2) is 47.4 Å². The second-order valence-electron chi connectivity index (χ2n) is 7.15. The Labute approximate surface area is 179 Å². The lowest BCUT2D eigenvalue weighted by Gasteiger charge is -2.28. The van der Waals surface area contributed by atoms with Gasteiger partial charge in [-0.05, 0) is 55.7 Å². The molecule has 1 heterocycles. The molecule has 3 rings (SSSR count). The molecule has 31 heavy (non-hydrogen) atoms. The van der Waals surface area contributed by atoms with E-state index in [0.717, 1.165) is 39.3 Å². The number of nitro benzene ring substituents is 1. The summed E-state index contributed by atoms with van der Waals surface area (Å²) in [6, 6.07) is 9.57. The van der Waals surface area contributed by atoms with Gasteiger partial charge in [-0.1, -0.05) is 0 Å². The number of carbonyl (C=O) groups is 2. The van der Waals surface area contributed by atoms with E-state index >= 15 is 0 Å². The second kappa shape index (κ2) is 9.13. The summed E-state index contributed by atoms with van der Waals surface area (Å²) < 4.78 is 25.8. The van der Waals surface area contributed by atoms with Gasteiger partial charge in [-0.3, -0.25) is 19.7 Å². The van der Waals surface area contributed by atoms with Crippen molar-refractivity contribution in [3.8, 4) is 0 Å². The summed E-state index contributed by atoms with van der Waals surface area (Å²) >= 11 is 0. The standard InChI is InChI=1S/C20H22N4O6S/c1-14(25)22-31(29,30)17-8-6-16(7-9-17)21-20(26)15-5-10-18(19(13-15)24(27)28)23-11-3-2-4-12-23/h5-10,13H,2-4,11-12H2,1H3,(H,21,26)(H,22,25). The molecule has 1 fully saturated rings. The van der Waals surface area contributed by atoms with Crippen molar-refractivity contribution in [1.82, 2.24) is 4.72 Å². The number of carbonyl (C=O) groups excluding carboxylic acids is 2.